The summed E-state index contributed by atoms with van der Waals surface area (Å²) in [5.41, 5.74) is 3.33. The normalized spacial score (nSPS) is 14.0. The molecule has 2 heterocycles. The fourth-order valence-corrected chi connectivity index (χ4v) is 4.27. The second-order valence-electron chi connectivity index (χ2n) is 8.17. The standard InChI is InChI=1S/C23H26N4O3S/c1-4-31(28,29)26-17-7-10-21(25-13-17)23-20(12-24)19-9-8-18(30-15(2)3)11-22(19)27(23)14-16-5-6-16/h7-11,13,15-16,26H,4-6,14H2,1-3H3. The number of hydrogen-bond acceptors (Lipinski definition) is 5. The van der Waals surface area contributed by atoms with E-state index in [-0.39, 0.29) is 11.9 Å². The van der Waals surface area contributed by atoms with Gasteiger partial charge in [-0.25, -0.2) is 8.42 Å². The molecule has 4 rings (SSSR count). The lowest BCUT2D eigenvalue weighted by Gasteiger charge is -2.13. The molecule has 1 aliphatic rings. The molecular formula is C23H26N4O3S. The van der Waals surface area contributed by atoms with Gasteiger partial charge in [0.1, 0.15) is 11.8 Å². The first kappa shape index (κ1) is 21.2. The van der Waals surface area contributed by atoms with Gasteiger partial charge in [0.15, 0.2) is 0 Å². The number of sulfonamides is 1. The third-order valence-electron chi connectivity index (χ3n) is 5.32. The molecule has 0 spiro atoms. The molecule has 1 saturated carbocycles. The van der Waals surface area contributed by atoms with Gasteiger partial charge in [0, 0.05) is 18.0 Å². The largest absolute Gasteiger partial charge is 0.491 e. The molecule has 0 aliphatic heterocycles. The summed E-state index contributed by atoms with van der Waals surface area (Å²) in [6.07, 6.45) is 3.90. The topological polar surface area (TPSA) is 97.0 Å². The Morgan fingerprint density at radius 2 is 2.06 bits per heavy atom. The second-order valence-corrected chi connectivity index (χ2v) is 10.2. The van der Waals surface area contributed by atoms with Gasteiger partial charge >= 0.3 is 0 Å². The van der Waals surface area contributed by atoms with Crippen molar-refractivity contribution in [3.05, 3.63) is 42.1 Å². The van der Waals surface area contributed by atoms with E-state index in [0.29, 0.717) is 22.9 Å². The zero-order valence-corrected chi connectivity index (χ0v) is 18.7. The van der Waals surface area contributed by atoms with Gasteiger partial charge in [-0.15, -0.1) is 0 Å². The van der Waals surface area contributed by atoms with Gasteiger partial charge in [-0.2, -0.15) is 5.26 Å². The van der Waals surface area contributed by atoms with Crippen LogP contribution in [-0.4, -0.2) is 29.8 Å². The average molecular weight is 439 g/mol. The summed E-state index contributed by atoms with van der Waals surface area (Å²) in [6, 6.07) is 11.6. The monoisotopic (exact) mass is 438 g/mol. The number of nitrogens with one attached hydrogen (secondary N) is 1. The van der Waals surface area contributed by atoms with Crippen molar-refractivity contribution in [1.29, 1.82) is 5.26 Å². The van der Waals surface area contributed by atoms with Crippen LogP contribution in [0.1, 0.15) is 39.2 Å². The molecule has 1 aromatic carbocycles. The highest BCUT2D eigenvalue weighted by Gasteiger charge is 2.27. The maximum Gasteiger partial charge on any atom is 0.232 e. The van der Waals surface area contributed by atoms with E-state index in [9.17, 15) is 13.7 Å². The Labute approximate surface area is 182 Å². The van der Waals surface area contributed by atoms with E-state index in [1.807, 2.05) is 32.0 Å². The van der Waals surface area contributed by atoms with Crippen LogP contribution in [0.2, 0.25) is 0 Å². The lowest BCUT2D eigenvalue weighted by molar-refractivity contribution is 0.242. The van der Waals surface area contributed by atoms with Crippen molar-refractivity contribution in [2.75, 3.05) is 10.5 Å². The summed E-state index contributed by atoms with van der Waals surface area (Å²) in [6.45, 7) is 6.36. The van der Waals surface area contributed by atoms with Crippen molar-refractivity contribution < 1.29 is 13.2 Å². The molecule has 3 aromatic rings. The molecule has 0 bridgehead atoms. The predicted molar refractivity (Wildman–Crippen MR) is 121 cm³/mol. The highest BCUT2D eigenvalue weighted by Crippen LogP contribution is 2.39. The van der Waals surface area contributed by atoms with E-state index < -0.39 is 10.0 Å². The number of pyridine rings is 1. The molecular weight excluding hydrogens is 412 g/mol. The summed E-state index contributed by atoms with van der Waals surface area (Å²) in [7, 11) is -3.38. The molecule has 1 fully saturated rings. The lowest BCUT2D eigenvalue weighted by Crippen LogP contribution is -2.14. The van der Waals surface area contributed by atoms with Crippen LogP contribution in [0.3, 0.4) is 0 Å². The zero-order valence-electron chi connectivity index (χ0n) is 17.9. The maximum absolute atomic E-state index is 11.8. The third kappa shape index (κ3) is 4.52. The van der Waals surface area contributed by atoms with Crippen LogP contribution < -0.4 is 9.46 Å². The van der Waals surface area contributed by atoms with Crippen LogP contribution in [0.5, 0.6) is 5.75 Å². The molecule has 2 aromatic heterocycles. The number of aromatic nitrogens is 2. The van der Waals surface area contributed by atoms with Gasteiger partial charge in [0.05, 0.1) is 46.2 Å². The van der Waals surface area contributed by atoms with Crippen LogP contribution in [0, 0.1) is 17.2 Å². The van der Waals surface area contributed by atoms with Crippen molar-refractivity contribution in [3.63, 3.8) is 0 Å². The molecule has 8 heteroatoms. The van der Waals surface area contributed by atoms with Crippen molar-refractivity contribution in [2.45, 2.75) is 46.3 Å². The molecule has 162 valence electrons. The first-order valence-electron chi connectivity index (χ1n) is 10.5. The van der Waals surface area contributed by atoms with E-state index in [1.165, 1.54) is 19.0 Å². The second kappa shape index (κ2) is 8.23. The van der Waals surface area contributed by atoms with Crippen LogP contribution in [0.15, 0.2) is 36.5 Å². The Bertz CT molecular complexity index is 1250. The Kier molecular flexibility index (Phi) is 5.63. The van der Waals surface area contributed by atoms with Crippen LogP contribution in [0.25, 0.3) is 22.3 Å². The number of nitrogens with zero attached hydrogens (tertiary/aromatic N) is 3. The lowest BCUT2D eigenvalue weighted by atomic mass is 10.1. The minimum atomic E-state index is -3.38. The Morgan fingerprint density at radius 1 is 1.29 bits per heavy atom. The van der Waals surface area contributed by atoms with Gasteiger partial charge in [-0.05, 0) is 63.8 Å². The number of hydrogen-bond donors (Lipinski definition) is 1. The molecule has 31 heavy (non-hydrogen) atoms. The van der Waals surface area contributed by atoms with Crippen molar-refractivity contribution in [2.24, 2.45) is 5.92 Å². The number of benzene rings is 1. The number of ether oxygens (including phenoxy) is 1. The number of fused-ring (bicyclic) bond motifs is 1. The van der Waals surface area contributed by atoms with Gasteiger partial charge in [0.25, 0.3) is 0 Å². The van der Waals surface area contributed by atoms with Gasteiger partial charge in [-0.3, -0.25) is 9.71 Å². The maximum atomic E-state index is 11.8. The Balaban J connectivity index is 1.83. The fraction of sp³-hybridized carbons (Fsp3) is 0.391. The summed E-state index contributed by atoms with van der Waals surface area (Å²) < 4.78 is 34.2. The van der Waals surface area contributed by atoms with Crippen LogP contribution in [0.4, 0.5) is 5.69 Å². The summed E-state index contributed by atoms with van der Waals surface area (Å²) in [5.74, 6) is 1.35. The molecule has 1 aliphatic carbocycles. The molecule has 0 amide bonds. The van der Waals surface area contributed by atoms with Crippen LogP contribution >= 0.6 is 0 Å². The molecule has 0 atom stereocenters. The number of anilines is 1. The minimum absolute atomic E-state index is 0.0102. The summed E-state index contributed by atoms with van der Waals surface area (Å²) >= 11 is 0. The molecule has 0 unspecified atom stereocenters. The average Bonchev–Trinajstić information content (AvgIpc) is 3.50. The predicted octanol–water partition coefficient (Wildman–Crippen LogP) is 4.53. The van der Waals surface area contributed by atoms with Crippen molar-refractivity contribution in [3.8, 4) is 23.2 Å². The van der Waals surface area contributed by atoms with Gasteiger partial charge in [0.2, 0.25) is 10.0 Å². The molecule has 7 nitrogen and oxygen atoms in total. The Morgan fingerprint density at radius 3 is 2.65 bits per heavy atom. The van der Waals surface area contributed by atoms with Gasteiger partial charge in [-0.1, -0.05) is 0 Å². The first-order valence-corrected chi connectivity index (χ1v) is 12.2. The van der Waals surface area contributed by atoms with E-state index in [1.54, 1.807) is 19.1 Å². The third-order valence-corrected chi connectivity index (χ3v) is 6.62. The van der Waals surface area contributed by atoms with E-state index in [2.05, 4.69) is 20.3 Å². The Hall–Kier alpha value is -3.05. The van der Waals surface area contributed by atoms with E-state index in [0.717, 1.165) is 28.9 Å². The highest BCUT2D eigenvalue weighted by molar-refractivity contribution is 7.92. The molecule has 1 N–H and O–H groups in total. The molecule has 0 radical (unpaired) electrons. The van der Waals surface area contributed by atoms with Gasteiger partial charge < -0.3 is 9.30 Å². The number of nitriles is 1. The smallest absolute Gasteiger partial charge is 0.232 e. The fourth-order valence-electron chi connectivity index (χ4n) is 3.65. The van der Waals surface area contributed by atoms with Crippen LogP contribution in [-0.2, 0) is 16.6 Å². The van der Waals surface area contributed by atoms with E-state index >= 15 is 0 Å². The quantitative estimate of drug-likeness (QED) is 0.557. The van der Waals surface area contributed by atoms with Crippen molar-refractivity contribution in [1.82, 2.24) is 9.55 Å². The van der Waals surface area contributed by atoms with Crippen molar-refractivity contribution >= 4 is 26.6 Å². The highest BCUT2D eigenvalue weighted by atomic mass is 32.2. The SMILES string of the molecule is CCS(=O)(=O)Nc1ccc(-c2c(C#N)c3ccc(OC(C)C)cc3n2CC2CC2)nc1. The number of rotatable bonds is 8. The van der Waals surface area contributed by atoms with E-state index in [4.69, 9.17) is 4.74 Å². The first-order chi connectivity index (χ1) is 14.8. The zero-order chi connectivity index (χ0) is 22.2. The minimum Gasteiger partial charge on any atom is -0.491 e. The molecule has 0 saturated heterocycles. The summed E-state index contributed by atoms with van der Waals surface area (Å²) in [4.78, 5) is 4.50. The summed E-state index contributed by atoms with van der Waals surface area (Å²) in [5, 5.41) is 10.8.